The summed E-state index contributed by atoms with van der Waals surface area (Å²) in [6.07, 6.45) is 1.72. The standard InChI is InChI=1S/C23H21N5O5/c1-12-18(19(24)27-33-12)13-3-6-15(7-4-13)23(21(30)25-22(31)26-23)11-28-10-14-5-8-16(32-2)9-17(14)20(28)29/h3-10,29H,11H2,1-2H3,(H2,24,27)(H2,25,26,30,31)/t23-/m0/s1. The molecule has 0 bridgehead atoms. The molecular formula is C23H21N5O5. The summed E-state index contributed by atoms with van der Waals surface area (Å²) in [4.78, 5) is 25.2. The van der Waals surface area contributed by atoms with Gasteiger partial charge in [-0.1, -0.05) is 29.4 Å². The fourth-order valence-corrected chi connectivity index (χ4v) is 4.29. The predicted octanol–water partition coefficient (Wildman–Crippen LogP) is 2.64. The maximum Gasteiger partial charge on any atom is 0.322 e. The van der Waals surface area contributed by atoms with Gasteiger partial charge in [-0.2, -0.15) is 0 Å². The van der Waals surface area contributed by atoms with E-state index < -0.39 is 17.5 Å². The first kappa shape index (κ1) is 20.4. The number of fused-ring (bicyclic) bond motifs is 1. The third-order valence-electron chi connectivity index (χ3n) is 5.97. The van der Waals surface area contributed by atoms with Crippen molar-refractivity contribution in [2.24, 2.45) is 0 Å². The highest BCUT2D eigenvalue weighted by atomic mass is 16.5. The Morgan fingerprint density at radius 2 is 1.97 bits per heavy atom. The number of imide groups is 1. The Balaban J connectivity index is 1.58. The van der Waals surface area contributed by atoms with Crippen molar-refractivity contribution in [2.75, 3.05) is 12.8 Å². The molecule has 1 atom stereocenters. The first-order valence-corrected chi connectivity index (χ1v) is 10.1. The van der Waals surface area contributed by atoms with Gasteiger partial charge < -0.3 is 30.0 Å². The minimum Gasteiger partial charge on any atom is -0.497 e. The maximum absolute atomic E-state index is 13.0. The second-order valence-corrected chi connectivity index (χ2v) is 7.92. The Hall–Kier alpha value is -4.47. The van der Waals surface area contributed by atoms with E-state index in [1.165, 1.54) is 4.57 Å². The number of hydrogen-bond acceptors (Lipinski definition) is 7. The number of benzene rings is 2. The zero-order chi connectivity index (χ0) is 23.3. The molecular weight excluding hydrogens is 426 g/mol. The van der Waals surface area contributed by atoms with Crippen LogP contribution in [0.2, 0.25) is 0 Å². The van der Waals surface area contributed by atoms with Crippen LogP contribution in [0.1, 0.15) is 11.3 Å². The van der Waals surface area contributed by atoms with Crippen LogP contribution in [-0.4, -0.2) is 33.9 Å². The molecule has 10 heteroatoms. The Kier molecular flexibility index (Phi) is 4.52. The lowest BCUT2D eigenvalue weighted by Crippen LogP contribution is -2.47. The monoisotopic (exact) mass is 447 g/mol. The van der Waals surface area contributed by atoms with Gasteiger partial charge in [0, 0.05) is 17.0 Å². The number of aromatic nitrogens is 2. The van der Waals surface area contributed by atoms with E-state index >= 15 is 0 Å². The number of nitrogens with two attached hydrogens (primary N) is 1. The second-order valence-electron chi connectivity index (χ2n) is 7.92. The minimum atomic E-state index is -1.43. The van der Waals surface area contributed by atoms with Crippen molar-refractivity contribution < 1.29 is 24.0 Å². The summed E-state index contributed by atoms with van der Waals surface area (Å²) < 4.78 is 11.9. The van der Waals surface area contributed by atoms with Crippen LogP contribution in [0, 0.1) is 6.92 Å². The fourth-order valence-electron chi connectivity index (χ4n) is 4.29. The van der Waals surface area contributed by atoms with Crippen LogP contribution in [0.15, 0.2) is 53.2 Å². The zero-order valence-corrected chi connectivity index (χ0v) is 17.9. The Bertz CT molecular complexity index is 1390. The first-order chi connectivity index (χ1) is 15.8. The highest BCUT2D eigenvalue weighted by molar-refractivity contribution is 6.07. The summed E-state index contributed by atoms with van der Waals surface area (Å²) in [6.45, 7) is 1.73. The van der Waals surface area contributed by atoms with Crippen molar-refractivity contribution in [2.45, 2.75) is 19.0 Å². The normalized spacial score (nSPS) is 17.9. The van der Waals surface area contributed by atoms with Crippen LogP contribution < -0.4 is 21.1 Å². The van der Waals surface area contributed by atoms with Crippen LogP contribution in [0.4, 0.5) is 10.6 Å². The van der Waals surface area contributed by atoms with E-state index in [-0.39, 0.29) is 18.2 Å². The number of hydrogen-bond donors (Lipinski definition) is 4. The van der Waals surface area contributed by atoms with Gasteiger partial charge in [-0.05, 0) is 36.2 Å². The van der Waals surface area contributed by atoms with Gasteiger partial charge in [-0.3, -0.25) is 10.1 Å². The maximum atomic E-state index is 13.0. The molecule has 0 radical (unpaired) electrons. The lowest BCUT2D eigenvalue weighted by atomic mass is 9.88. The molecule has 1 aliphatic rings. The van der Waals surface area contributed by atoms with Crippen molar-refractivity contribution in [1.82, 2.24) is 20.4 Å². The summed E-state index contributed by atoms with van der Waals surface area (Å²) in [5.41, 5.74) is 6.45. The Morgan fingerprint density at radius 3 is 2.58 bits per heavy atom. The number of aryl methyl sites for hydroxylation is 1. The molecule has 5 rings (SSSR count). The number of nitrogens with one attached hydrogen (secondary N) is 2. The number of aromatic hydroxyl groups is 1. The number of nitrogen functional groups attached to an aromatic ring is 1. The van der Waals surface area contributed by atoms with Crippen molar-refractivity contribution in [1.29, 1.82) is 0 Å². The third kappa shape index (κ3) is 3.15. The molecule has 0 saturated carbocycles. The number of amides is 3. The van der Waals surface area contributed by atoms with Gasteiger partial charge in [0.1, 0.15) is 11.5 Å². The molecule has 10 nitrogen and oxygen atoms in total. The highest BCUT2D eigenvalue weighted by Gasteiger charge is 2.48. The van der Waals surface area contributed by atoms with E-state index in [1.54, 1.807) is 56.6 Å². The Morgan fingerprint density at radius 1 is 1.21 bits per heavy atom. The number of carbonyl (C=O) groups is 2. The summed E-state index contributed by atoms with van der Waals surface area (Å²) in [6, 6.07) is 11.7. The van der Waals surface area contributed by atoms with Crippen molar-refractivity contribution >= 4 is 28.5 Å². The van der Waals surface area contributed by atoms with Gasteiger partial charge in [0.05, 0.1) is 19.2 Å². The highest BCUT2D eigenvalue weighted by Crippen LogP contribution is 2.36. The summed E-state index contributed by atoms with van der Waals surface area (Å²) in [5, 5.41) is 21.0. The number of nitrogens with zero attached hydrogens (tertiary/aromatic N) is 2. The molecule has 33 heavy (non-hydrogen) atoms. The average molecular weight is 447 g/mol. The van der Waals surface area contributed by atoms with E-state index in [4.69, 9.17) is 15.0 Å². The number of rotatable bonds is 5. The number of methoxy groups -OCH3 is 1. The summed E-state index contributed by atoms with van der Waals surface area (Å²) >= 11 is 0. The van der Waals surface area contributed by atoms with Crippen molar-refractivity contribution in [3.63, 3.8) is 0 Å². The smallest absolute Gasteiger partial charge is 0.322 e. The largest absolute Gasteiger partial charge is 0.497 e. The van der Waals surface area contributed by atoms with Crippen molar-refractivity contribution in [3.8, 4) is 22.8 Å². The number of anilines is 1. The van der Waals surface area contributed by atoms with E-state index in [2.05, 4.69) is 15.8 Å². The molecule has 1 fully saturated rings. The van der Waals surface area contributed by atoms with Crippen LogP contribution in [-0.2, 0) is 16.9 Å². The fraction of sp³-hybridized carbons (Fsp3) is 0.174. The van der Waals surface area contributed by atoms with Crippen LogP contribution >= 0.6 is 0 Å². The summed E-state index contributed by atoms with van der Waals surface area (Å²) in [7, 11) is 1.54. The molecule has 0 unspecified atom stereocenters. The molecule has 2 aromatic carbocycles. The zero-order valence-electron chi connectivity index (χ0n) is 17.9. The topological polar surface area (TPSA) is 145 Å². The van der Waals surface area contributed by atoms with Crippen LogP contribution in [0.3, 0.4) is 0 Å². The third-order valence-corrected chi connectivity index (χ3v) is 5.97. The van der Waals surface area contributed by atoms with Gasteiger partial charge in [0.25, 0.3) is 5.91 Å². The van der Waals surface area contributed by atoms with Gasteiger partial charge in [-0.15, -0.1) is 0 Å². The van der Waals surface area contributed by atoms with Crippen LogP contribution in [0.25, 0.3) is 21.9 Å². The molecule has 3 amide bonds. The molecule has 168 valence electrons. The quantitative estimate of drug-likeness (QED) is 0.344. The van der Waals surface area contributed by atoms with Crippen LogP contribution in [0.5, 0.6) is 11.6 Å². The van der Waals surface area contributed by atoms with Crippen molar-refractivity contribution in [3.05, 3.63) is 60.0 Å². The lowest BCUT2D eigenvalue weighted by Gasteiger charge is -2.27. The molecule has 2 aromatic heterocycles. The summed E-state index contributed by atoms with van der Waals surface area (Å²) in [5.74, 6) is 0.871. The Labute approximate surface area is 187 Å². The molecule has 1 saturated heterocycles. The van der Waals surface area contributed by atoms with Gasteiger partial charge in [0.2, 0.25) is 0 Å². The van der Waals surface area contributed by atoms with E-state index in [9.17, 15) is 14.7 Å². The SMILES string of the molecule is COc1ccc2cn(C[C@@]3(c4ccc(-c5c(N)noc5C)cc4)NC(=O)NC3=O)c(O)c2c1. The van der Waals surface area contributed by atoms with Gasteiger partial charge >= 0.3 is 6.03 Å². The molecule has 1 aliphatic heterocycles. The van der Waals surface area contributed by atoms with Gasteiger partial charge in [-0.25, -0.2) is 4.79 Å². The number of urea groups is 1. The molecule has 0 spiro atoms. The molecule has 5 N–H and O–H groups in total. The number of carbonyl (C=O) groups excluding carboxylic acids is 2. The molecule has 3 heterocycles. The van der Waals surface area contributed by atoms with Gasteiger partial charge in [0.15, 0.2) is 17.2 Å². The predicted molar refractivity (Wildman–Crippen MR) is 120 cm³/mol. The lowest BCUT2D eigenvalue weighted by molar-refractivity contribution is -0.124. The number of ether oxygens (including phenoxy) is 1. The van der Waals surface area contributed by atoms with E-state index in [1.807, 2.05) is 6.07 Å². The minimum absolute atomic E-state index is 0.0266. The van der Waals surface area contributed by atoms with E-state index in [0.29, 0.717) is 28.0 Å². The second kappa shape index (κ2) is 7.30. The molecule has 0 aliphatic carbocycles. The first-order valence-electron chi connectivity index (χ1n) is 10.1. The van der Waals surface area contributed by atoms with E-state index in [0.717, 1.165) is 10.9 Å². The average Bonchev–Trinajstić information content (AvgIpc) is 3.41. The molecule has 4 aromatic rings.